The lowest BCUT2D eigenvalue weighted by atomic mass is 9.98. The molecule has 0 saturated carbocycles. The molecule has 0 unspecified atom stereocenters. The van der Waals surface area contributed by atoms with E-state index in [0.717, 1.165) is 27.8 Å². The standard InChI is InChI=1S/C32H24NOP/c1-23-16-21-28(29(22-23)32-33-30-14-8-9-15-31(30)34-32)24-17-19-27(20-18-24)35(25-10-4-2-5-11-25)26-12-6-3-7-13-26/h2-22H,1H3. The molecule has 0 fully saturated rings. The van der Waals surface area contributed by atoms with Gasteiger partial charge in [0.2, 0.25) is 5.89 Å². The molecule has 3 heteroatoms. The summed E-state index contributed by atoms with van der Waals surface area (Å²) in [6, 6.07) is 45.0. The van der Waals surface area contributed by atoms with Gasteiger partial charge in [-0.3, -0.25) is 0 Å². The minimum atomic E-state index is -0.629. The molecule has 35 heavy (non-hydrogen) atoms. The van der Waals surface area contributed by atoms with Crippen LogP contribution in [0.1, 0.15) is 5.56 Å². The van der Waals surface area contributed by atoms with Gasteiger partial charge in [-0.1, -0.05) is 115 Å². The number of benzene rings is 5. The number of fused-ring (bicyclic) bond motifs is 1. The summed E-state index contributed by atoms with van der Waals surface area (Å²) >= 11 is 0. The number of para-hydroxylation sites is 2. The lowest BCUT2D eigenvalue weighted by Gasteiger charge is -2.20. The summed E-state index contributed by atoms with van der Waals surface area (Å²) in [6.07, 6.45) is 0. The fourth-order valence-electron chi connectivity index (χ4n) is 4.47. The molecule has 5 aromatic carbocycles. The van der Waals surface area contributed by atoms with Gasteiger partial charge in [0.1, 0.15) is 5.52 Å². The van der Waals surface area contributed by atoms with E-state index in [9.17, 15) is 0 Å². The van der Waals surface area contributed by atoms with Crippen LogP contribution in [0.4, 0.5) is 0 Å². The van der Waals surface area contributed by atoms with Crippen LogP contribution in [0.2, 0.25) is 0 Å². The summed E-state index contributed by atoms with van der Waals surface area (Å²) in [7, 11) is -0.629. The Labute approximate surface area is 206 Å². The first-order valence-electron chi connectivity index (χ1n) is 11.7. The highest BCUT2D eigenvalue weighted by molar-refractivity contribution is 7.79. The van der Waals surface area contributed by atoms with E-state index in [1.165, 1.54) is 21.5 Å². The SMILES string of the molecule is Cc1ccc(-c2ccc(P(c3ccccc3)c3ccccc3)cc2)c(-c2nc3ccccc3o2)c1. The van der Waals surface area contributed by atoms with E-state index in [-0.39, 0.29) is 0 Å². The van der Waals surface area contributed by atoms with Gasteiger partial charge in [0.15, 0.2) is 5.58 Å². The molecule has 0 N–H and O–H groups in total. The first-order valence-corrected chi connectivity index (χ1v) is 13.1. The molecule has 0 atom stereocenters. The quantitative estimate of drug-likeness (QED) is 0.249. The predicted octanol–water partition coefficient (Wildman–Crippen LogP) is 7.23. The van der Waals surface area contributed by atoms with E-state index >= 15 is 0 Å². The van der Waals surface area contributed by atoms with E-state index in [1.54, 1.807) is 0 Å². The molecule has 6 aromatic rings. The second kappa shape index (κ2) is 9.33. The first-order chi connectivity index (χ1) is 17.3. The number of aromatic nitrogens is 1. The van der Waals surface area contributed by atoms with Crippen LogP contribution in [0.25, 0.3) is 33.7 Å². The molecule has 0 aliphatic heterocycles. The lowest BCUT2D eigenvalue weighted by Crippen LogP contribution is -2.20. The summed E-state index contributed by atoms with van der Waals surface area (Å²) in [5.74, 6) is 0.657. The Hall–Kier alpha value is -4.00. The maximum absolute atomic E-state index is 6.14. The minimum Gasteiger partial charge on any atom is -0.436 e. The van der Waals surface area contributed by atoms with Crippen LogP contribution in [0.5, 0.6) is 0 Å². The molecular weight excluding hydrogens is 445 g/mol. The summed E-state index contributed by atoms with van der Waals surface area (Å²) in [4.78, 5) is 4.77. The Morgan fingerprint density at radius 3 is 1.83 bits per heavy atom. The minimum absolute atomic E-state index is 0.629. The van der Waals surface area contributed by atoms with E-state index in [2.05, 4.69) is 110 Å². The van der Waals surface area contributed by atoms with Crippen molar-refractivity contribution in [2.75, 3.05) is 0 Å². The monoisotopic (exact) mass is 469 g/mol. The van der Waals surface area contributed by atoms with Crippen LogP contribution in [0.3, 0.4) is 0 Å². The van der Waals surface area contributed by atoms with E-state index < -0.39 is 7.92 Å². The van der Waals surface area contributed by atoms with Crippen molar-refractivity contribution in [3.05, 3.63) is 133 Å². The zero-order valence-electron chi connectivity index (χ0n) is 19.4. The maximum atomic E-state index is 6.14. The van der Waals surface area contributed by atoms with Crippen molar-refractivity contribution in [2.45, 2.75) is 6.92 Å². The summed E-state index contributed by atoms with van der Waals surface area (Å²) in [6.45, 7) is 2.10. The van der Waals surface area contributed by atoms with Crippen molar-refractivity contribution >= 4 is 34.9 Å². The molecule has 0 bridgehead atoms. The van der Waals surface area contributed by atoms with Crippen LogP contribution < -0.4 is 15.9 Å². The fourth-order valence-corrected chi connectivity index (χ4v) is 6.75. The highest BCUT2D eigenvalue weighted by Gasteiger charge is 2.18. The van der Waals surface area contributed by atoms with Gasteiger partial charge in [0, 0.05) is 5.56 Å². The number of oxazole rings is 1. The number of aryl methyl sites for hydroxylation is 1. The zero-order chi connectivity index (χ0) is 23.6. The average molecular weight is 470 g/mol. The molecule has 0 amide bonds. The molecule has 0 aliphatic rings. The third-order valence-electron chi connectivity index (χ3n) is 6.16. The number of nitrogens with zero attached hydrogens (tertiary/aromatic N) is 1. The summed E-state index contributed by atoms with van der Waals surface area (Å²) in [5.41, 5.74) is 6.16. The Kier molecular flexibility index (Phi) is 5.74. The first kappa shape index (κ1) is 21.5. The van der Waals surface area contributed by atoms with Gasteiger partial charge >= 0.3 is 0 Å². The van der Waals surface area contributed by atoms with E-state index in [4.69, 9.17) is 9.40 Å². The molecule has 0 spiro atoms. The Morgan fingerprint density at radius 1 is 0.571 bits per heavy atom. The van der Waals surface area contributed by atoms with Crippen molar-refractivity contribution < 1.29 is 4.42 Å². The third-order valence-corrected chi connectivity index (χ3v) is 8.61. The van der Waals surface area contributed by atoms with Crippen LogP contribution in [-0.2, 0) is 0 Å². The molecule has 2 nitrogen and oxygen atoms in total. The molecule has 1 heterocycles. The molecule has 1 aromatic heterocycles. The largest absolute Gasteiger partial charge is 0.436 e. The van der Waals surface area contributed by atoms with Gasteiger partial charge in [-0.05, 0) is 60.1 Å². The molecule has 0 radical (unpaired) electrons. The molecular formula is C32H24NOP. The number of rotatable bonds is 5. The Morgan fingerprint density at radius 2 is 1.17 bits per heavy atom. The van der Waals surface area contributed by atoms with Crippen molar-refractivity contribution in [3.8, 4) is 22.6 Å². The summed E-state index contributed by atoms with van der Waals surface area (Å²) < 4.78 is 6.14. The van der Waals surface area contributed by atoms with Gasteiger partial charge in [0.05, 0.1) is 0 Å². The van der Waals surface area contributed by atoms with Gasteiger partial charge in [-0.15, -0.1) is 0 Å². The topological polar surface area (TPSA) is 26.0 Å². The highest BCUT2D eigenvalue weighted by atomic mass is 31.1. The van der Waals surface area contributed by atoms with Gasteiger partial charge in [-0.2, -0.15) is 0 Å². The lowest BCUT2D eigenvalue weighted by molar-refractivity contribution is 0.620. The molecule has 0 aliphatic carbocycles. The highest BCUT2D eigenvalue weighted by Crippen LogP contribution is 2.36. The van der Waals surface area contributed by atoms with Crippen molar-refractivity contribution in [1.29, 1.82) is 0 Å². The van der Waals surface area contributed by atoms with Crippen LogP contribution in [0, 0.1) is 6.92 Å². The van der Waals surface area contributed by atoms with Crippen LogP contribution in [0.15, 0.2) is 132 Å². The van der Waals surface area contributed by atoms with Crippen LogP contribution >= 0.6 is 7.92 Å². The predicted molar refractivity (Wildman–Crippen MR) is 148 cm³/mol. The zero-order valence-corrected chi connectivity index (χ0v) is 20.3. The van der Waals surface area contributed by atoms with Gasteiger partial charge in [-0.25, -0.2) is 4.98 Å². The summed E-state index contributed by atoms with van der Waals surface area (Å²) in [5, 5.41) is 4.03. The normalized spacial score (nSPS) is 11.3. The second-order valence-corrected chi connectivity index (χ2v) is 10.8. The molecule has 168 valence electrons. The molecule has 0 saturated heterocycles. The van der Waals surface area contributed by atoms with Crippen molar-refractivity contribution in [1.82, 2.24) is 4.98 Å². The average Bonchev–Trinajstić information content (AvgIpc) is 3.35. The second-order valence-electron chi connectivity index (χ2n) is 8.59. The van der Waals surface area contributed by atoms with Crippen molar-refractivity contribution in [3.63, 3.8) is 0 Å². The Bertz CT molecular complexity index is 1520. The third kappa shape index (κ3) is 4.30. The Balaban J connectivity index is 1.43. The smallest absolute Gasteiger partial charge is 0.227 e. The van der Waals surface area contributed by atoms with E-state index in [0.29, 0.717) is 5.89 Å². The van der Waals surface area contributed by atoms with Gasteiger partial charge < -0.3 is 4.42 Å². The van der Waals surface area contributed by atoms with E-state index in [1.807, 2.05) is 24.3 Å². The van der Waals surface area contributed by atoms with Crippen molar-refractivity contribution in [2.24, 2.45) is 0 Å². The number of hydrogen-bond donors (Lipinski definition) is 0. The van der Waals surface area contributed by atoms with Crippen LogP contribution in [-0.4, -0.2) is 4.98 Å². The molecule has 6 rings (SSSR count). The van der Waals surface area contributed by atoms with Gasteiger partial charge in [0.25, 0.3) is 0 Å². The fraction of sp³-hybridized carbons (Fsp3) is 0.0312. The maximum Gasteiger partial charge on any atom is 0.227 e. The number of hydrogen-bond acceptors (Lipinski definition) is 2.